The second kappa shape index (κ2) is 11.6. The van der Waals surface area contributed by atoms with Crippen molar-refractivity contribution < 1.29 is 4.39 Å². The number of nitrogens with zero attached hydrogens (tertiary/aromatic N) is 3. The Kier molecular flexibility index (Phi) is 8.89. The molecule has 3 nitrogen and oxygen atoms in total. The van der Waals surface area contributed by atoms with E-state index in [1.165, 1.54) is 16.8 Å². The Labute approximate surface area is 194 Å². The summed E-state index contributed by atoms with van der Waals surface area (Å²) in [7, 11) is 0. The van der Waals surface area contributed by atoms with E-state index < -0.39 is 0 Å². The van der Waals surface area contributed by atoms with Gasteiger partial charge in [0.25, 0.3) is 0 Å². The third-order valence-corrected chi connectivity index (χ3v) is 6.98. The standard InChI is InChI=1S/C28H40FN3/c1-6-30(7-2)21-28(26-10-8-9-11-27(26)29)32-18-16-31(17-19-32)24(5)23(4)20-25-14-12-22(3)13-15-25/h8-15,23,28H,5-7,16-21H2,1-4H3. The van der Waals surface area contributed by atoms with Crippen LogP contribution in [-0.4, -0.2) is 60.5 Å². The maximum Gasteiger partial charge on any atom is 0.128 e. The maximum absolute atomic E-state index is 14.7. The molecule has 2 atom stereocenters. The average Bonchev–Trinajstić information content (AvgIpc) is 2.82. The summed E-state index contributed by atoms with van der Waals surface area (Å²) in [5.41, 5.74) is 4.70. The number of hydrogen-bond acceptors (Lipinski definition) is 3. The number of halogens is 1. The molecule has 2 unspecified atom stereocenters. The Morgan fingerprint density at radius 1 is 1.00 bits per heavy atom. The minimum atomic E-state index is -0.0942. The van der Waals surface area contributed by atoms with Crippen molar-refractivity contribution in [1.82, 2.24) is 14.7 Å². The minimum Gasteiger partial charge on any atom is -0.372 e. The Bertz CT molecular complexity index is 851. The van der Waals surface area contributed by atoms with Crippen molar-refractivity contribution >= 4 is 0 Å². The van der Waals surface area contributed by atoms with Crippen LogP contribution in [-0.2, 0) is 6.42 Å². The number of allylic oxidation sites excluding steroid dienone is 1. The Morgan fingerprint density at radius 2 is 1.62 bits per heavy atom. The van der Waals surface area contributed by atoms with Crippen molar-refractivity contribution in [3.63, 3.8) is 0 Å². The number of rotatable bonds is 10. The quantitative estimate of drug-likeness (QED) is 0.484. The molecule has 0 bridgehead atoms. The molecule has 0 aromatic heterocycles. The molecule has 1 fully saturated rings. The first-order valence-corrected chi connectivity index (χ1v) is 12.1. The molecule has 0 amide bonds. The van der Waals surface area contributed by atoms with Crippen LogP contribution >= 0.6 is 0 Å². The lowest BCUT2D eigenvalue weighted by molar-refractivity contribution is 0.0847. The number of benzene rings is 2. The van der Waals surface area contributed by atoms with E-state index in [0.29, 0.717) is 5.92 Å². The van der Waals surface area contributed by atoms with Gasteiger partial charge in [-0.25, -0.2) is 4.39 Å². The van der Waals surface area contributed by atoms with Crippen molar-refractivity contribution in [2.75, 3.05) is 45.8 Å². The van der Waals surface area contributed by atoms with Crippen molar-refractivity contribution in [1.29, 1.82) is 0 Å². The SMILES string of the molecule is C=C(C(C)Cc1ccc(C)cc1)N1CCN(C(CN(CC)CC)c2ccccc2F)CC1. The first-order chi connectivity index (χ1) is 15.4. The molecule has 1 aliphatic rings. The molecule has 0 saturated carbocycles. The third-order valence-electron chi connectivity index (χ3n) is 6.98. The van der Waals surface area contributed by atoms with Crippen LogP contribution in [0.1, 0.15) is 43.5 Å². The molecule has 1 saturated heterocycles. The van der Waals surface area contributed by atoms with E-state index in [1.54, 1.807) is 12.1 Å². The summed E-state index contributed by atoms with van der Waals surface area (Å²) in [6.45, 7) is 19.8. The van der Waals surface area contributed by atoms with E-state index in [0.717, 1.165) is 57.8 Å². The number of hydrogen-bond donors (Lipinski definition) is 0. The van der Waals surface area contributed by atoms with Gasteiger partial charge in [0.15, 0.2) is 0 Å². The van der Waals surface area contributed by atoms with Crippen LogP contribution in [0.4, 0.5) is 4.39 Å². The highest BCUT2D eigenvalue weighted by Crippen LogP contribution is 2.28. The van der Waals surface area contributed by atoms with Crippen LogP contribution < -0.4 is 0 Å². The van der Waals surface area contributed by atoms with E-state index in [4.69, 9.17) is 0 Å². The average molecular weight is 438 g/mol. The Morgan fingerprint density at radius 3 is 2.22 bits per heavy atom. The fourth-order valence-electron chi connectivity index (χ4n) is 4.71. The topological polar surface area (TPSA) is 9.72 Å². The lowest BCUT2D eigenvalue weighted by Gasteiger charge is -2.43. The van der Waals surface area contributed by atoms with Gasteiger partial charge in [0.05, 0.1) is 6.04 Å². The van der Waals surface area contributed by atoms with Crippen LogP contribution in [0.25, 0.3) is 0 Å². The van der Waals surface area contributed by atoms with E-state index in [-0.39, 0.29) is 11.9 Å². The maximum atomic E-state index is 14.7. The zero-order valence-electron chi connectivity index (χ0n) is 20.4. The fraction of sp³-hybridized carbons (Fsp3) is 0.500. The molecule has 174 valence electrons. The summed E-state index contributed by atoms with van der Waals surface area (Å²) in [4.78, 5) is 7.29. The Hall–Kier alpha value is -2.17. The first-order valence-electron chi connectivity index (χ1n) is 12.1. The zero-order chi connectivity index (χ0) is 23.1. The summed E-state index contributed by atoms with van der Waals surface area (Å²) < 4.78 is 14.7. The minimum absolute atomic E-state index is 0.0801. The molecular weight excluding hydrogens is 397 g/mol. The first kappa shape index (κ1) is 24.5. The zero-order valence-corrected chi connectivity index (χ0v) is 20.4. The summed E-state index contributed by atoms with van der Waals surface area (Å²) >= 11 is 0. The van der Waals surface area contributed by atoms with Gasteiger partial charge in [0, 0.05) is 44.0 Å². The second-order valence-corrected chi connectivity index (χ2v) is 9.13. The lowest BCUT2D eigenvalue weighted by atomic mass is 9.96. The molecular formula is C28H40FN3. The summed E-state index contributed by atoms with van der Waals surface area (Å²) in [6.07, 6.45) is 1.01. The molecule has 3 rings (SSSR count). The van der Waals surface area contributed by atoms with E-state index in [1.807, 2.05) is 12.1 Å². The summed E-state index contributed by atoms with van der Waals surface area (Å²) in [5, 5.41) is 0. The molecule has 1 heterocycles. The molecule has 1 aliphatic heterocycles. The van der Waals surface area contributed by atoms with Gasteiger partial charge in [-0.05, 0) is 44.0 Å². The van der Waals surface area contributed by atoms with E-state index >= 15 is 0 Å². The van der Waals surface area contributed by atoms with Crippen LogP contribution in [0.2, 0.25) is 0 Å². The van der Waals surface area contributed by atoms with E-state index in [2.05, 4.69) is 73.2 Å². The monoisotopic (exact) mass is 437 g/mol. The van der Waals surface area contributed by atoms with Gasteiger partial charge in [-0.15, -0.1) is 0 Å². The molecule has 2 aromatic carbocycles. The van der Waals surface area contributed by atoms with Crippen molar-refractivity contribution in [3.05, 3.63) is 83.3 Å². The molecule has 0 spiro atoms. The van der Waals surface area contributed by atoms with Crippen molar-refractivity contribution in [3.8, 4) is 0 Å². The summed E-state index contributed by atoms with van der Waals surface area (Å²) in [6, 6.07) is 16.2. The van der Waals surface area contributed by atoms with Crippen LogP contribution in [0.3, 0.4) is 0 Å². The predicted octanol–water partition coefficient (Wildman–Crippen LogP) is 5.53. The van der Waals surface area contributed by atoms with Crippen molar-refractivity contribution in [2.24, 2.45) is 5.92 Å². The van der Waals surface area contributed by atoms with Crippen molar-refractivity contribution in [2.45, 2.75) is 40.2 Å². The molecule has 0 radical (unpaired) electrons. The molecule has 2 aromatic rings. The van der Waals surface area contributed by atoms with Crippen LogP contribution in [0.5, 0.6) is 0 Å². The van der Waals surface area contributed by atoms with Crippen LogP contribution in [0.15, 0.2) is 60.8 Å². The van der Waals surface area contributed by atoms with E-state index in [9.17, 15) is 4.39 Å². The normalized spacial score (nSPS) is 16.9. The molecule has 4 heteroatoms. The molecule has 0 aliphatic carbocycles. The highest BCUT2D eigenvalue weighted by molar-refractivity contribution is 5.24. The molecule has 32 heavy (non-hydrogen) atoms. The number of aryl methyl sites for hydroxylation is 1. The predicted molar refractivity (Wildman–Crippen MR) is 133 cm³/mol. The van der Waals surface area contributed by atoms with Gasteiger partial charge in [0.2, 0.25) is 0 Å². The molecule has 0 N–H and O–H groups in total. The van der Waals surface area contributed by atoms with Gasteiger partial charge in [-0.3, -0.25) is 4.90 Å². The summed E-state index contributed by atoms with van der Waals surface area (Å²) in [5.74, 6) is 0.311. The largest absolute Gasteiger partial charge is 0.372 e. The third kappa shape index (κ3) is 6.20. The number of likely N-dealkylation sites (N-methyl/N-ethyl adjacent to an activating group) is 1. The van der Waals surface area contributed by atoms with Gasteiger partial charge in [-0.1, -0.05) is 75.4 Å². The van der Waals surface area contributed by atoms with Gasteiger partial charge in [-0.2, -0.15) is 0 Å². The highest BCUT2D eigenvalue weighted by Gasteiger charge is 2.29. The fourth-order valence-corrected chi connectivity index (χ4v) is 4.71. The second-order valence-electron chi connectivity index (χ2n) is 9.13. The van der Waals surface area contributed by atoms with Gasteiger partial charge >= 0.3 is 0 Å². The van der Waals surface area contributed by atoms with Crippen LogP contribution in [0, 0.1) is 18.7 Å². The van der Waals surface area contributed by atoms with Gasteiger partial charge in [0.1, 0.15) is 5.82 Å². The smallest absolute Gasteiger partial charge is 0.128 e. The Balaban J connectivity index is 1.64. The van der Waals surface area contributed by atoms with Gasteiger partial charge < -0.3 is 9.80 Å². The highest BCUT2D eigenvalue weighted by atomic mass is 19.1. The number of piperazine rings is 1. The lowest BCUT2D eigenvalue weighted by Crippen LogP contribution is -2.50.